The third-order valence-corrected chi connectivity index (χ3v) is 7.05. The van der Waals surface area contributed by atoms with Gasteiger partial charge in [0.15, 0.2) is 0 Å². The summed E-state index contributed by atoms with van der Waals surface area (Å²) < 4.78 is 29.3. The molecule has 0 aliphatic carbocycles. The van der Waals surface area contributed by atoms with E-state index in [1.54, 1.807) is 12.3 Å². The van der Waals surface area contributed by atoms with Crippen LogP contribution in [0.3, 0.4) is 0 Å². The van der Waals surface area contributed by atoms with E-state index in [-0.39, 0.29) is 5.75 Å². The lowest BCUT2D eigenvalue weighted by molar-refractivity contribution is 0.487. The number of aromatic nitrogens is 4. The third kappa shape index (κ3) is 5.52. The lowest BCUT2D eigenvalue weighted by atomic mass is 9.99. The molecule has 2 N–H and O–H groups in total. The molecule has 0 atom stereocenters. The molecule has 0 saturated carbocycles. The molecular formula is C24H32N6O2S. The summed E-state index contributed by atoms with van der Waals surface area (Å²) in [5, 5.41) is 8.24. The molecule has 8 nitrogen and oxygen atoms in total. The van der Waals surface area contributed by atoms with Gasteiger partial charge in [-0.15, -0.1) is 0 Å². The highest BCUT2D eigenvalue weighted by Crippen LogP contribution is 2.37. The molecule has 9 heteroatoms. The fourth-order valence-corrected chi connectivity index (χ4v) is 5.19. The van der Waals surface area contributed by atoms with E-state index in [9.17, 15) is 8.42 Å². The van der Waals surface area contributed by atoms with Crippen molar-refractivity contribution >= 4 is 21.7 Å². The Morgan fingerprint density at radius 1 is 1.18 bits per heavy atom. The quantitative estimate of drug-likeness (QED) is 0.477. The summed E-state index contributed by atoms with van der Waals surface area (Å²) in [6.07, 6.45) is 5.47. The molecule has 0 unspecified atom stereocenters. The lowest BCUT2D eigenvalue weighted by Crippen LogP contribution is -2.16. The van der Waals surface area contributed by atoms with Crippen molar-refractivity contribution in [2.45, 2.75) is 53.0 Å². The van der Waals surface area contributed by atoms with Crippen LogP contribution in [-0.4, -0.2) is 40.5 Å². The van der Waals surface area contributed by atoms with Crippen molar-refractivity contribution in [3.05, 3.63) is 42.2 Å². The lowest BCUT2D eigenvalue weighted by Gasteiger charge is -2.15. The molecule has 1 aromatic carbocycles. The summed E-state index contributed by atoms with van der Waals surface area (Å²) in [6, 6.07) is 9.37. The highest BCUT2D eigenvalue weighted by molar-refractivity contribution is 7.92. The van der Waals surface area contributed by atoms with Crippen molar-refractivity contribution in [1.29, 1.82) is 0 Å². The van der Waals surface area contributed by atoms with Gasteiger partial charge in [-0.3, -0.25) is 9.40 Å². The molecule has 3 heterocycles. The van der Waals surface area contributed by atoms with Gasteiger partial charge in [-0.05, 0) is 49.8 Å². The normalized spacial score (nSPS) is 13.7. The van der Waals surface area contributed by atoms with Gasteiger partial charge in [-0.25, -0.2) is 18.4 Å². The minimum Gasteiger partial charge on any atom is -0.354 e. The van der Waals surface area contributed by atoms with E-state index >= 15 is 0 Å². The first-order valence-corrected chi connectivity index (χ1v) is 13.3. The van der Waals surface area contributed by atoms with Crippen LogP contribution in [0.25, 0.3) is 22.5 Å². The maximum Gasteiger partial charge on any atom is 0.232 e. The molecule has 1 aliphatic rings. The molecule has 0 fully saturated rings. The topological polar surface area (TPSA) is 102 Å². The summed E-state index contributed by atoms with van der Waals surface area (Å²) in [7, 11) is -3.37. The number of benzene rings is 1. The summed E-state index contributed by atoms with van der Waals surface area (Å²) in [6.45, 7) is 7.80. The van der Waals surface area contributed by atoms with Crippen LogP contribution >= 0.6 is 0 Å². The zero-order valence-corrected chi connectivity index (χ0v) is 20.3. The number of nitrogens with zero attached hydrogens (tertiary/aromatic N) is 4. The van der Waals surface area contributed by atoms with E-state index in [2.05, 4.69) is 33.6 Å². The van der Waals surface area contributed by atoms with E-state index in [1.165, 1.54) is 5.69 Å². The number of sulfonamides is 1. The summed E-state index contributed by atoms with van der Waals surface area (Å²) >= 11 is 0. The highest BCUT2D eigenvalue weighted by Gasteiger charge is 2.24. The molecule has 176 valence electrons. The van der Waals surface area contributed by atoms with Crippen LogP contribution in [-0.2, 0) is 23.0 Å². The van der Waals surface area contributed by atoms with Crippen molar-refractivity contribution < 1.29 is 8.42 Å². The van der Waals surface area contributed by atoms with Crippen LogP contribution in [0.2, 0.25) is 0 Å². The highest BCUT2D eigenvalue weighted by atomic mass is 32.2. The van der Waals surface area contributed by atoms with Crippen LogP contribution < -0.4 is 10.0 Å². The van der Waals surface area contributed by atoms with Crippen LogP contribution in [0.15, 0.2) is 36.5 Å². The second kappa shape index (κ2) is 9.91. The number of aryl methyl sites for hydroxylation is 1. The van der Waals surface area contributed by atoms with Gasteiger partial charge in [0, 0.05) is 41.8 Å². The van der Waals surface area contributed by atoms with Crippen molar-refractivity contribution in [3.8, 4) is 22.5 Å². The molecule has 0 saturated heterocycles. The van der Waals surface area contributed by atoms with Crippen molar-refractivity contribution in [2.24, 2.45) is 5.92 Å². The molecular weight excluding hydrogens is 436 g/mol. The van der Waals surface area contributed by atoms with E-state index in [0.29, 0.717) is 24.0 Å². The van der Waals surface area contributed by atoms with Gasteiger partial charge < -0.3 is 5.32 Å². The Labute approximate surface area is 195 Å². The minimum atomic E-state index is -3.37. The molecule has 2 aromatic heterocycles. The number of rotatable bonds is 9. The third-order valence-electron chi connectivity index (χ3n) is 5.55. The maximum atomic E-state index is 12.3. The summed E-state index contributed by atoms with van der Waals surface area (Å²) in [4.78, 5) is 9.18. The van der Waals surface area contributed by atoms with E-state index < -0.39 is 10.0 Å². The van der Waals surface area contributed by atoms with E-state index in [1.807, 2.05) is 31.2 Å². The Morgan fingerprint density at radius 3 is 2.82 bits per heavy atom. The first-order valence-electron chi connectivity index (χ1n) is 11.6. The SMILES string of the molecule is CCCS(=O)(=O)Nc1cccc(-c2nn3c(c2-c2ccnc(NCC(C)C)n2)CCCC3)c1. The van der Waals surface area contributed by atoms with Gasteiger partial charge in [0.25, 0.3) is 0 Å². The van der Waals surface area contributed by atoms with Gasteiger partial charge in [0.2, 0.25) is 16.0 Å². The largest absolute Gasteiger partial charge is 0.354 e. The average Bonchev–Trinajstić information content (AvgIpc) is 3.17. The molecule has 33 heavy (non-hydrogen) atoms. The monoisotopic (exact) mass is 468 g/mol. The van der Waals surface area contributed by atoms with Crippen molar-refractivity contribution in [3.63, 3.8) is 0 Å². The smallest absolute Gasteiger partial charge is 0.232 e. The standard InChI is InChI=1S/C24H32N6O2S/c1-4-14-33(31,32)29-19-9-7-8-18(15-19)23-22(21-10-5-6-13-30(21)28-23)20-11-12-25-24(27-20)26-16-17(2)3/h7-9,11-12,15,17,29H,4-6,10,13-14,16H2,1-3H3,(H,25,26,27). The molecule has 3 aromatic rings. The van der Waals surface area contributed by atoms with E-state index in [4.69, 9.17) is 10.1 Å². The number of fused-ring (bicyclic) bond motifs is 1. The van der Waals surface area contributed by atoms with Gasteiger partial charge in [0.1, 0.15) is 5.69 Å². The molecule has 0 radical (unpaired) electrons. The zero-order valence-electron chi connectivity index (χ0n) is 19.5. The Balaban J connectivity index is 1.76. The van der Waals surface area contributed by atoms with Gasteiger partial charge in [-0.2, -0.15) is 5.10 Å². The minimum absolute atomic E-state index is 0.0916. The Bertz CT molecular complexity index is 1220. The van der Waals surface area contributed by atoms with Crippen LogP contribution in [0, 0.1) is 5.92 Å². The first-order chi connectivity index (χ1) is 15.9. The predicted octanol–water partition coefficient (Wildman–Crippen LogP) is 4.56. The molecule has 0 spiro atoms. The van der Waals surface area contributed by atoms with Crippen LogP contribution in [0.5, 0.6) is 0 Å². The summed E-state index contributed by atoms with van der Waals surface area (Å²) in [5.41, 5.74) is 5.21. The number of nitrogens with one attached hydrogen (secondary N) is 2. The Hall–Kier alpha value is -2.94. The van der Waals surface area contributed by atoms with Gasteiger partial charge >= 0.3 is 0 Å². The first kappa shape index (κ1) is 23.2. The van der Waals surface area contributed by atoms with Crippen molar-refractivity contribution in [1.82, 2.24) is 19.7 Å². The molecule has 0 bridgehead atoms. The number of hydrogen-bond acceptors (Lipinski definition) is 6. The summed E-state index contributed by atoms with van der Waals surface area (Å²) in [5.74, 6) is 1.17. The maximum absolute atomic E-state index is 12.3. The van der Waals surface area contributed by atoms with Gasteiger partial charge in [-0.1, -0.05) is 32.9 Å². The predicted molar refractivity (Wildman–Crippen MR) is 133 cm³/mol. The zero-order chi connectivity index (χ0) is 23.4. The average molecular weight is 469 g/mol. The van der Waals surface area contributed by atoms with Crippen LogP contribution in [0.4, 0.5) is 11.6 Å². The molecule has 4 rings (SSSR count). The Morgan fingerprint density at radius 2 is 2.03 bits per heavy atom. The molecule has 0 amide bonds. The van der Waals surface area contributed by atoms with E-state index in [0.717, 1.165) is 54.9 Å². The van der Waals surface area contributed by atoms with Gasteiger partial charge in [0.05, 0.1) is 11.4 Å². The fourth-order valence-electron chi connectivity index (χ4n) is 4.07. The number of anilines is 2. The fraction of sp³-hybridized carbons (Fsp3) is 0.458. The van der Waals surface area contributed by atoms with Crippen LogP contribution in [0.1, 0.15) is 45.7 Å². The van der Waals surface area contributed by atoms with Crippen molar-refractivity contribution in [2.75, 3.05) is 22.3 Å². The Kier molecular flexibility index (Phi) is 6.97. The second-order valence-corrected chi connectivity index (χ2v) is 10.7. The number of hydrogen-bond donors (Lipinski definition) is 2. The second-order valence-electron chi connectivity index (χ2n) is 8.89. The molecule has 1 aliphatic heterocycles.